The first kappa shape index (κ1) is 28.3. The minimum Gasteiger partial charge on any atom is -0.497 e. The summed E-state index contributed by atoms with van der Waals surface area (Å²) < 4.78 is 5.45. The van der Waals surface area contributed by atoms with Crippen LogP contribution in [0.2, 0.25) is 5.02 Å². The van der Waals surface area contributed by atoms with Crippen molar-refractivity contribution in [3.63, 3.8) is 0 Å². The van der Waals surface area contributed by atoms with Crippen LogP contribution in [0.5, 0.6) is 5.75 Å². The van der Waals surface area contributed by atoms with Crippen molar-refractivity contribution in [3.05, 3.63) is 71.4 Å². The van der Waals surface area contributed by atoms with Crippen molar-refractivity contribution in [2.24, 2.45) is 0 Å². The van der Waals surface area contributed by atoms with E-state index in [9.17, 15) is 0 Å². The topological polar surface area (TPSA) is 39.8 Å². The van der Waals surface area contributed by atoms with Crippen LogP contribution in [-0.4, -0.2) is 62.4 Å². The zero-order chi connectivity index (χ0) is 27.0. The smallest absolute Gasteiger partial charge is 0.119 e. The summed E-state index contributed by atoms with van der Waals surface area (Å²) in [7, 11) is 1.75. The van der Waals surface area contributed by atoms with Crippen molar-refractivity contribution in [1.82, 2.24) is 15.5 Å². The fourth-order valence-electron chi connectivity index (χ4n) is 6.89. The SMILES string of the molecule is C=C(C(Cc1ccc(Cl)cc1)NC1CCNCC1)N1CCC(N(c2ccc(OC)cc2)C2CCCCC2)CC1. The molecule has 2 heterocycles. The second-order valence-corrected chi connectivity index (χ2v) is 12.1. The first-order chi connectivity index (χ1) is 19.1. The average Bonchev–Trinajstić information content (AvgIpc) is 2.99. The molecule has 3 fully saturated rings. The lowest BCUT2D eigenvalue weighted by atomic mass is 9.90. The Hall–Kier alpha value is -2.21. The van der Waals surface area contributed by atoms with Crippen molar-refractivity contribution in [2.45, 2.75) is 88.4 Å². The van der Waals surface area contributed by atoms with Crippen LogP contribution >= 0.6 is 11.6 Å². The molecule has 2 aliphatic heterocycles. The zero-order valence-electron chi connectivity index (χ0n) is 23.7. The molecule has 212 valence electrons. The lowest BCUT2D eigenvalue weighted by molar-refractivity contribution is 0.221. The summed E-state index contributed by atoms with van der Waals surface area (Å²) in [6, 6.07) is 19.1. The Balaban J connectivity index is 1.27. The number of anilines is 1. The van der Waals surface area contributed by atoms with E-state index < -0.39 is 0 Å². The number of halogens is 1. The molecule has 3 aliphatic rings. The van der Waals surface area contributed by atoms with Crippen molar-refractivity contribution < 1.29 is 4.74 Å². The van der Waals surface area contributed by atoms with E-state index in [0.717, 1.165) is 43.4 Å². The van der Waals surface area contributed by atoms with Gasteiger partial charge in [-0.3, -0.25) is 0 Å². The minimum absolute atomic E-state index is 0.238. The van der Waals surface area contributed by atoms with E-state index in [1.807, 2.05) is 12.1 Å². The molecule has 0 bridgehead atoms. The van der Waals surface area contributed by atoms with Crippen LogP contribution < -0.4 is 20.3 Å². The minimum atomic E-state index is 0.238. The Labute approximate surface area is 240 Å². The summed E-state index contributed by atoms with van der Waals surface area (Å²) in [5.41, 5.74) is 3.91. The highest BCUT2D eigenvalue weighted by Crippen LogP contribution is 2.34. The fraction of sp³-hybridized carbons (Fsp3) is 0.576. The monoisotopic (exact) mass is 550 g/mol. The lowest BCUT2D eigenvalue weighted by Crippen LogP contribution is -2.52. The molecule has 6 heteroatoms. The molecule has 1 saturated carbocycles. The maximum Gasteiger partial charge on any atom is 0.119 e. The van der Waals surface area contributed by atoms with Gasteiger partial charge in [0.25, 0.3) is 0 Å². The van der Waals surface area contributed by atoms with Gasteiger partial charge in [0.05, 0.1) is 13.2 Å². The number of hydrogen-bond donors (Lipinski definition) is 2. The largest absolute Gasteiger partial charge is 0.497 e. The maximum atomic E-state index is 6.18. The van der Waals surface area contributed by atoms with E-state index in [0.29, 0.717) is 18.1 Å². The highest BCUT2D eigenvalue weighted by atomic mass is 35.5. The van der Waals surface area contributed by atoms with Crippen LogP contribution in [0.15, 0.2) is 60.8 Å². The van der Waals surface area contributed by atoms with E-state index >= 15 is 0 Å². The number of ether oxygens (including phenoxy) is 1. The standard InChI is InChI=1S/C33H47ClN4O/c1-25(33(36-28-16-20-35-21-17-28)24-26-8-10-27(34)11-9-26)37-22-18-31(19-23-37)38(29-6-4-3-5-7-29)30-12-14-32(39-2)15-13-30/h8-15,28-29,31,33,35-36H,1,3-7,16-24H2,2H3. The highest BCUT2D eigenvalue weighted by Gasteiger charge is 2.32. The molecule has 1 atom stereocenters. The Morgan fingerprint density at radius 2 is 1.59 bits per heavy atom. The molecular formula is C33H47ClN4O. The molecule has 0 aromatic heterocycles. The van der Waals surface area contributed by atoms with Gasteiger partial charge in [-0.15, -0.1) is 0 Å². The van der Waals surface area contributed by atoms with Crippen molar-refractivity contribution >= 4 is 17.3 Å². The molecule has 2 aromatic carbocycles. The summed E-state index contributed by atoms with van der Waals surface area (Å²) in [6.45, 7) is 8.99. The Morgan fingerprint density at radius 3 is 2.23 bits per heavy atom. The third kappa shape index (κ3) is 7.50. The molecule has 0 radical (unpaired) electrons. The molecule has 0 spiro atoms. The number of nitrogens with zero attached hydrogens (tertiary/aromatic N) is 2. The molecule has 2 saturated heterocycles. The third-order valence-electron chi connectivity index (χ3n) is 9.13. The summed E-state index contributed by atoms with van der Waals surface area (Å²) in [5.74, 6) is 0.932. The van der Waals surface area contributed by atoms with E-state index in [1.165, 1.54) is 74.7 Å². The number of hydrogen-bond acceptors (Lipinski definition) is 5. The Kier molecular flexibility index (Phi) is 10.1. The fourth-order valence-corrected chi connectivity index (χ4v) is 7.01. The van der Waals surface area contributed by atoms with Crippen LogP contribution in [0.25, 0.3) is 0 Å². The molecule has 2 N–H and O–H groups in total. The normalized spacial score (nSPS) is 20.5. The quantitative estimate of drug-likeness (QED) is 0.357. The van der Waals surface area contributed by atoms with Gasteiger partial charge in [0.1, 0.15) is 5.75 Å². The summed E-state index contributed by atoms with van der Waals surface area (Å²) in [6.07, 6.45) is 12.3. The van der Waals surface area contributed by atoms with Gasteiger partial charge < -0.3 is 25.2 Å². The molecule has 39 heavy (non-hydrogen) atoms. The predicted octanol–water partition coefficient (Wildman–Crippen LogP) is 6.42. The molecular weight excluding hydrogens is 504 g/mol. The summed E-state index contributed by atoms with van der Waals surface area (Å²) in [5, 5.41) is 8.29. The molecule has 5 nitrogen and oxygen atoms in total. The second kappa shape index (κ2) is 13.9. The number of rotatable bonds is 10. The van der Waals surface area contributed by atoms with E-state index in [2.05, 4.69) is 63.4 Å². The van der Waals surface area contributed by atoms with Gasteiger partial charge in [0, 0.05) is 47.6 Å². The number of likely N-dealkylation sites (tertiary alicyclic amines) is 1. The van der Waals surface area contributed by atoms with E-state index in [4.69, 9.17) is 16.3 Å². The van der Waals surface area contributed by atoms with Gasteiger partial charge in [-0.25, -0.2) is 0 Å². The number of piperidine rings is 2. The van der Waals surface area contributed by atoms with Crippen molar-refractivity contribution in [3.8, 4) is 5.75 Å². The second-order valence-electron chi connectivity index (χ2n) is 11.7. The Bertz CT molecular complexity index is 1020. The molecule has 5 rings (SSSR count). The maximum absolute atomic E-state index is 6.18. The van der Waals surface area contributed by atoms with Crippen LogP contribution in [0.1, 0.15) is 63.4 Å². The van der Waals surface area contributed by atoms with Crippen LogP contribution in [0, 0.1) is 0 Å². The van der Waals surface area contributed by atoms with Gasteiger partial charge in [-0.2, -0.15) is 0 Å². The molecule has 2 aromatic rings. The molecule has 1 unspecified atom stereocenters. The van der Waals surface area contributed by atoms with Crippen molar-refractivity contribution in [2.75, 3.05) is 38.2 Å². The van der Waals surface area contributed by atoms with Crippen LogP contribution in [-0.2, 0) is 6.42 Å². The van der Waals surface area contributed by atoms with Gasteiger partial charge in [-0.05, 0) is 100.0 Å². The first-order valence-corrected chi connectivity index (χ1v) is 15.6. The number of nitrogens with one attached hydrogen (secondary N) is 2. The summed E-state index contributed by atoms with van der Waals surface area (Å²) >= 11 is 6.18. The van der Waals surface area contributed by atoms with Crippen LogP contribution in [0.4, 0.5) is 5.69 Å². The molecule has 0 amide bonds. The number of methoxy groups -OCH3 is 1. The highest BCUT2D eigenvalue weighted by molar-refractivity contribution is 6.30. The number of benzene rings is 2. The average molecular weight is 551 g/mol. The van der Waals surface area contributed by atoms with Gasteiger partial charge in [-0.1, -0.05) is 49.6 Å². The first-order valence-electron chi connectivity index (χ1n) is 15.2. The van der Waals surface area contributed by atoms with Crippen molar-refractivity contribution in [1.29, 1.82) is 0 Å². The molecule has 1 aliphatic carbocycles. The van der Waals surface area contributed by atoms with Gasteiger partial charge >= 0.3 is 0 Å². The van der Waals surface area contributed by atoms with E-state index in [1.54, 1.807) is 7.11 Å². The Morgan fingerprint density at radius 1 is 0.949 bits per heavy atom. The summed E-state index contributed by atoms with van der Waals surface area (Å²) in [4.78, 5) is 5.34. The van der Waals surface area contributed by atoms with E-state index in [-0.39, 0.29) is 6.04 Å². The third-order valence-corrected chi connectivity index (χ3v) is 9.39. The predicted molar refractivity (Wildman–Crippen MR) is 164 cm³/mol. The van der Waals surface area contributed by atoms with Gasteiger partial charge in [0.2, 0.25) is 0 Å². The van der Waals surface area contributed by atoms with Crippen LogP contribution in [0.3, 0.4) is 0 Å². The zero-order valence-corrected chi connectivity index (χ0v) is 24.5. The lowest BCUT2D eigenvalue weighted by Gasteiger charge is -2.46. The van der Waals surface area contributed by atoms with Gasteiger partial charge in [0.15, 0.2) is 0 Å².